The van der Waals surface area contributed by atoms with Crippen LogP contribution in [0.3, 0.4) is 0 Å². The molecule has 0 aromatic carbocycles. The maximum absolute atomic E-state index is 11.1. The summed E-state index contributed by atoms with van der Waals surface area (Å²) in [5.74, 6) is 2.86. The SMILES string of the molecule is CC(C)(C)c1nc(CSc2nnc(C3CC3)n2CCC(N)=O)no1. The van der Waals surface area contributed by atoms with Crippen molar-refractivity contribution in [3.63, 3.8) is 0 Å². The lowest BCUT2D eigenvalue weighted by molar-refractivity contribution is -0.118. The van der Waals surface area contributed by atoms with Crippen molar-refractivity contribution in [3.8, 4) is 0 Å². The monoisotopic (exact) mass is 350 g/mol. The number of aromatic nitrogens is 5. The van der Waals surface area contributed by atoms with E-state index in [0.29, 0.717) is 29.9 Å². The minimum absolute atomic E-state index is 0.170. The highest BCUT2D eigenvalue weighted by Crippen LogP contribution is 2.40. The molecule has 1 aliphatic rings. The third-order valence-corrected chi connectivity index (χ3v) is 4.67. The van der Waals surface area contributed by atoms with E-state index in [0.717, 1.165) is 23.8 Å². The highest BCUT2D eigenvalue weighted by molar-refractivity contribution is 7.98. The maximum atomic E-state index is 11.1. The minimum atomic E-state index is -0.325. The number of hydrogen-bond acceptors (Lipinski definition) is 7. The van der Waals surface area contributed by atoms with E-state index in [4.69, 9.17) is 10.3 Å². The molecule has 0 unspecified atom stereocenters. The van der Waals surface area contributed by atoms with Gasteiger partial charge < -0.3 is 14.8 Å². The summed E-state index contributed by atoms with van der Waals surface area (Å²) in [6.07, 6.45) is 2.53. The fraction of sp³-hybridized carbons (Fsp3) is 0.667. The average Bonchev–Trinajstić information content (AvgIpc) is 3.08. The first-order chi connectivity index (χ1) is 11.3. The van der Waals surface area contributed by atoms with E-state index in [1.807, 2.05) is 25.3 Å². The van der Waals surface area contributed by atoms with Crippen LogP contribution < -0.4 is 5.73 Å². The summed E-state index contributed by atoms with van der Waals surface area (Å²) in [5.41, 5.74) is 5.11. The normalized spacial score (nSPS) is 15.0. The van der Waals surface area contributed by atoms with Crippen LogP contribution in [0.5, 0.6) is 0 Å². The number of nitrogens with two attached hydrogens (primary N) is 1. The van der Waals surface area contributed by atoms with Crippen LogP contribution in [0.2, 0.25) is 0 Å². The molecular weight excluding hydrogens is 328 g/mol. The Labute approximate surface area is 144 Å². The van der Waals surface area contributed by atoms with Gasteiger partial charge in [-0.15, -0.1) is 10.2 Å². The Morgan fingerprint density at radius 3 is 2.71 bits per heavy atom. The maximum Gasteiger partial charge on any atom is 0.232 e. The number of carbonyl (C=O) groups excluding carboxylic acids is 1. The Morgan fingerprint density at radius 2 is 2.12 bits per heavy atom. The van der Waals surface area contributed by atoms with E-state index in [-0.39, 0.29) is 17.7 Å². The lowest BCUT2D eigenvalue weighted by Crippen LogP contribution is -2.15. The fourth-order valence-electron chi connectivity index (χ4n) is 2.23. The Bertz CT molecular complexity index is 729. The molecule has 9 heteroatoms. The fourth-order valence-corrected chi connectivity index (χ4v) is 3.04. The lowest BCUT2D eigenvalue weighted by Gasteiger charge is -2.10. The molecule has 0 spiro atoms. The van der Waals surface area contributed by atoms with Crippen molar-refractivity contribution < 1.29 is 9.32 Å². The van der Waals surface area contributed by atoms with Gasteiger partial charge in [0, 0.05) is 24.3 Å². The molecule has 0 bridgehead atoms. The van der Waals surface area contributed by atoms with Crippen molar-refractivity contribution in [2.75, 3.05) is 0 Å². The molecule has 1 aliphatic carbocycles. The topological polar surface area (TPSA) is 113 Å². The third-order valence-electron chi connectivity index (χ3n) is 3.71. The largest absolute Gasteiger partial charge is 0.370 e. The van der Waals surface area contributed by atoms with Gasteiger partial charge in [0.2, 0.25) is 11.8 Å². The Balaban J connectivity index is 1.70. The standard InChI is InChI=1S/C15H22N6O2S/c1-15(2,3)13-17-11(20-23-13)8-24-14-19-18-12(9-4-5-9)21(14)7-6-10(16)22/h9H,4-8H2,1-3H3,(H2,16,22). The van der Waals surface area contributed by atoms with Gasteiger partial charge in [-0.05, 0) is 12.8 Å². The average molecular weight is 350 g/mol. The predicted octanol–water partition coefficient (Wildman–Crippen LogP) is 2.00. The molecule has 1 amide bonds. The number of amides is 1. The van der Waals surface area contributed by atoms with Gasteiger partial charge in [-0.3, -0.25) is 4.79 Å². The zero-order chi connectivity index (χ0) is 17.3. The second-order valence-corrected chi connectivity index (χ2v) is 7.98. The van der Waals surface area contributed by atoms with Crippen LogP contribution >= 0.6 is 11.8 Å². The van der Waals surface area contributed by atoms with Crippen LogP contribution in [0.25, 0.3) is 0 Å². The molecule has 24 heavy (non-hydrogen) atoms. The van der Waals surface area contributed by atoms with Crippen molar-refractivity contribution in [1.29, 1.82) is 0 Å². The first-order valence-electron chi connectivity index (χ1n) is 8.02. The number of thioether (sulfide) groups is 1. The summed E-state index contributed by atoms with van der Waals surface area (Å²) in [5, 5.41) is 13.3. The molecule has 0 saturated heterocycles. The smallest absolute Gasteiger partial charge is 0.232 e. The van der Waals surface area contributed by atoms with Gasteiger partial charge in [0.05, 0.1) is 5.75 Å². The molecule has 0 radical (unpaired) electrons. The number of primary amides is 1. The van der Waals surface area contributed by atoms with Gasteiger partial charge >= 0.3 is 0 Å². The molecule has 2 N–H and O–H groups in total. The van der Waals surface area contributed by atoms with Crippen molar-refractivity contribution in [2.24, 2.45) is 5.73 Å². The number of rotatable bonds is 7. The summed E-state index contributed by atoms with van der Waals surface area (Å²) >= 11 is 1.49. The molecule has 2 aromatic rings. The summed E-state index contributed by atoms with van der Waals surface area (Å²) in [4.78, 5) is 15.5. The number of hydrogen-bond donors (Lipinski definition) is 1. The first kappa shape index (κ1) is 16.9. The molecule has 2 aromatic heterocycles. The molecule has 3 rings (SSSR count). The molecule has 1 saturated carbocycles. The molecule has 130 valence electrons. The highest BCUT2D eigenvalue weighted by atomic mass is 32.2. The van der Waals surface area contributed by atoms with Gasteiger partial charge in [-0.25, -0.2) is 0 Å². The number of carbonyl (C=O) groups is 1. The molecular formula is C15H22N6O2S. The molecule has 1 fully saturated rings. The first-order valence-corrected chi connectivity index (χ1v) is 9.00. The van der Waals surface area contributed by atoms with E-state index < -0.39 is 0 Å². The summed E-state index contributed by atoms with van der Waals surface area (Å²) in [6, 6.07) is 0. The molecule has 0 aliphatic heterocycles. The molecule has 8 nitrogen and oxygen atoms in total. The van der Waals surface area contributed by atoms with Crippen molar-refractivity contribution >= 4 is 17.7 Å². The van der Waals surface area contributed by atoms with Gasteiger partial charge in [0.15, 0.2) is 11.0 Å². The number of nitrogens with zero attached hydrogens (tertiary/aromatic N) is 5. The van der Waals surface area contributed by atoms with E-state index in [1.165, 1.54) is 11.8 Å². The van der Waals surface area contributed by atoms with Crippen LogP contribution in [0.1, 0.15) is 63.5 Å². The van der Waals surface area contributed by atoms with Gasteiger partial charge in [0.1, 0.15) is 5.82 Å². The van der Waals surface area contributed by atoms with E-state index in [9.17, 15) is 4.79 Å². The second kappa shape index (κ2) is 6.54. The van der Waals surface area contributed by atoms with Gasteiger partial charge in [-0.1, -0.05) is 37.7 Å². The van der Waals surface area contributed by atoms with Crippen LogP contribution in [0, 0.1) is 0 Å². The highest BCUT2D eigenvalue weighted by Gasteiger charge is 2.30. The van der Waals surface area contributed by atoms with E-state index in [2.05, 4.69) is 20.3 Å². The minimum Gasteiger partial charge on any atom is -0.370 e. The van der Waals surface area contributed by atoms with Crippen molar-refractivity contribution in [3.05, 3.63) is 17.5 Å². The summed E-state index contributed by atoms with van der Waals surface area (Å²) in [6.45, 7) is 6.59. The zero-order valence-electron chi connectivity index (χ0n) is 14.2. The van der Waals surface area contributed by atoms with E-state index in [1.54, 1.807) is 0 Å². The predicted molar refractivity (Wildman–Crippen MR) is 88.4 cm³/mol. The molecule has 2 heterocycles. The summed E-state index contributed by atoms with van der Waals surface area (Å²) in [7, 11) is 0. The summed E-state index contributed by atoms with van der Waals surface area (Å²) < 4.78 is 7.30. The van der Waals surface area contributed by atoms with Gasteiger partial charge in [-0.2, -0.15) is 4.98 Å². The Kier molecular flexibility index (Phi) is 4.62. The van der Waals surface area contributed by atoms with Crippen LogP contribution in [0.4, 0.5) is 0 Å². The Morgan fingerprint density at radius 1 is 1.38 bits per heavy atom. The quantitative estimate of drug-likeness (QED) is 0.760. The van der Waals surface area contributed by atoms with Crippen LogP contribution in [0.15, 0.2) is 9.68 Å². The molecule has 0 atom stereocenters. The van der Waals surface area contributed by atoms with Crippen molar-refractivity contribution in [1.82, 2.24) is 24.9 Å². The van der Waals surface area contributed by atoms with E-state index >= 15 is 0 Å². The van der Waals surface area contributed by atoms with Crippen LogP contribution in [-0.2, 0) is 22.5 Å². The lowest BCUT2D eigenvalue weighted by atomic mass is 9.97. The van der Waals surface area contributed by atoms with Gasteiger partial charge in [0.25, 0.3) is 0 Å². The zero-order valence-corrected chi connectivity index (χ0v) is 15.0. The third kappa shape index (κ3) is 3.95. The van der Waals surface area contributed by atoms with Crippen molar-refractivity contribution in [2.45, 2.75) is 68.8 Å². The van der Waals surface area contributed by atoms with Crippen LogP contribution in [-0.4, -0.2) is 30.8 Å². The second-order valence-electron chi connectivity index (χ2n) is 7.04. The Hall–Kier alpha value is -1.90.